The molecule has 1 heterocycles. The lowest BCUT2D eigenvalue weighted by Gasteiger charge is -1.93. The third kappa shape index (κ3) is 1.57. The maximum absolute atomic E-state index is 8.41. The second-order valence-corrected chi connectivity index (χ2v) is 3.63. The van der Waals surface area contributed by atoms with Gasteiger partial charge in [-0.2, -0.15) is 5.26 Å². The first kappa shape index (κ1) is 7.73. The van der Waals surface area contributed by atoms with Gasteiger partial charge in [0.1, 0.15) is 6.04 Å². The summed E-state index contributed by atoms with van der Waals surface area (Å²) in [4.78, 5) is 0.898. The monoisotopic (exact) mass is 216 g/mol. The van der Waals surface area contributed by atoms with Crippen LogP contribution in [0.25, 0.3) is 0 Å². The van der Waals surface area contributed by atoms with Gasteiger partial charge in [0.15, 0.2) is 0 Å². The van der Waals surface area contributed by atoms with E-state index in [1.807, 2.05) is 17.5 Å². The van der Waals surface area contributed by atoms with E-state index >= 15 is 0 Å². The normalized spacial score (nSPS) is 12.5. The van der Waals surface area contributed by atoms with E-state index in [0.29, 0.717) is 0 Å². The van der Waals surface area contributed by atoms with E-state index < -0.39 is 6.04 Å². The average Bonchev–Trinajstić information content (AvgIpc) is 2.34. The molecule has 0 aromatic carbocycles. The maximum Gasteiger partial charge on any atom is 0.128 e. The van der Waals surface area contributed by atoms with Gasteiger partial charge in [0, 0.05) is 14.7 Å². The minimum atomic E-state index is -0.476. The number of thiophene rings is 1. The molecular formula is C6H5BrN2S. The highest BCUT2D eigenvalue weighted by molar-refractivity contribution is 9.10. The number of rotatable bonds is 1. The summed E-state index contributed by atoms with van der Waals surface area (Å²) in [6.45, 7) is 0. The molecule has 0 spiro atoms. The van der Waals surface area contributed by atoms with Gasteiger partial charge >= 0.3 is 0 Å². The summed E-state index contributed by atoms with van der Waals surface area (Å²) in [5.74, 6) is 0. The van der Waals surface area contributed by atoms with Gasteiger partial charge in [0.25, 0.3) is 0 Å². The van der Waals surface area contributed by atoms with Gasteiger partial charge in [-0.05, 0) is 22.0 Å². The molecular weight excluding hydrogens is 212 g/mol. The summed E-state index contributed by atoms with van der Waals surface area (Å²) in [5.41, 5.74) is 5.44. The Labute approximate surface area is 71.4 Å². The number of nitrogens with two attached hydrogens (primary N) is 1. The van der Waals surface area contributed by atoms with E-state index in [4.69, 9.17) is 11.0 Å². The Balaban J connectivity index is 2.87. The lowest BCUT2D eigenvalue weighted by Crippen LogP contribution is -2.04. The van der Waals surface area contributed by atoms with E-state index in [2.05, 4.69) is 15.9 Å². The predicted molar refractivity (Wildman–Crippen MR) is 44.6 cm³/mol. The van der Waals surface area contributed by atoms with Crippen LogP contribution in [0.2, 0.25) is 0 Å². The summed E-state index contributed by atoms with van der Waals surface area (Å²) >= 11 is 4.76. The molecule has 1 rings (SSSR count). The fraction of sp³-hybridized carbons (Fsp3) is 0.167. The van der Waals surface area contributed by atoms with E-state index in [1.165, 1.54) is 11.3 Å². The zero-order valence-electron chi connectivity index (χ0n) is 5.04. The van der Waals surface area contributed by atoms with Gasteiger partial charge in [-0.1, -0.05) is 0 Å². The fourth-order valence-electron chi connectivity index (χ4n) is 0.555. The van der Waals surface area contributed by atoms with Crippen molar-refractivity contribution in [3.05, 3.63) is 20.8 Å². The lowest BCUT2D eigenvalue weighted by atomic mass is 10.3. The third-order valence-corrected chi connectivity index (χ3v) is 2.81. The number of nitrogens with zero attached hydrogens (tertiary/aromatic N) is 1. The van der Waals surface area contributed by atoms with Crippen LogP contribution in [-0.4, -0.2) is 0 Å². The SMILES string of the molecule is N#CC(N)c1cc(Br)cs1. The minimum Gasteiger partial charge on any atom is -0.312 e. The molecule has 0 saturated heterocycles. The fourth-order valence-corrected chi connectivity index (χ4v) is 1.94. The summed E-state index contributed by atoms with van der Waals surface area (Å²) in [7, 11) is 0. The molecule has 0 radical (unpaired) electrons. The number of hydrogen-bond acceptors (Lipinski definition) is 3. The zero-order chi connectivity index (χ0) is 7.56. The molecule has 1 aromatic heterocycles. The molecule has 0 fully saturated rings. The molecule has 4 heteroatoms. The highest BCUT2D eigenvalue weighted by atomic mass is 79.9. The molecule has 0 aliphatic rings. The quantitative estimate of drug-likeness (QED) is 0.782. The average molecular weight is 217 g/mol. The Morgan fingerprint density at radius 3 is 2.90 bits per heavy atom. The van der Waals surface area contributed by atoms with Gasteiger partial charge in [-0.25, -0.2) is 0 Å². The Hall–Kier alpha value is -0.370. The largest absolute Gasteiger partial charge is 0.312 e. The summed E-state index contributed by atoms with van der Waals surface area (Å²) in [6, 6.07) is 3.35. The number of hydrogen-bond donors (Lipinski definition) is 1. The predicted octanol–water partition coefficient (Wildman–Crippen LogP) is 2.03. The van der Waals surface area contributed by atoms with Crippen molar-refractivity contribution in [2.75, 3.05) is 0 Å². The van der Waals surface area contributed by atoms with Crippen LogP contribution < -0.4 is 5.73 Å². The van der Waals surface area contributed by atoms with Crippen LogP contribution in [0.1, 0.15) is 10.9 Å². The molecule has 0 aliphatic carbocycles. The van der Waals surface area contributed by atoms with Crippen LogP contribution in [0.5, 0.6) is 0 Å². The van der Waals surface area contributed by atoms with Crippen molar-refractivity contribution in [1.82, 2.24) is 0 Å². The molecule has 0 aliphatic heterocycles. The summed E-state index contributed by atoms with van der Waals surface area (Å²) < 4.78 is 0.984. The molecule has 2 nitrogen and oxygen atoms in total. The summed E-state index contributed by atoms with van der Waals surface area (Å²) in [6.07, 6.45) is 0. The van der Waals surface area contributed by atoms with Crippen LogP contribution in [0.15, 0.2) is 15.9 Å². The molecule has 1 unspecified atom stereocenters. The first-order valence-corrected chi connectivity index (χ1v) is 4.30. The second kappa shape index (κ2) is 3.15. The molecule has 2 N–H and O–H groups in total. The molecule has 52 valence electrons. The Morgan fingerprint density at radius 2 is 2.50 bits per heavy atom. The van der Waals surface area contributed by atoms with Gasteiger partial charge in [0.2, 0.25) is 0 Å². The molecule has 1 atom stereocenters. The van der Waals surface area contributed by atoms with Crippen LogP contribution in [-0.2, 0) is 0 Å². The molecule has 10 heavy (non-hydrogen) atoms. The summed E-state index contributed by atoms with van der Waals surface area (Å²) in [5, 5.41) is 10.3. The van der Waals surface area contributed by atoms with Crippen molar-refractivity contribution in [3.8, 4) is 6.07 Å². The van der Waals surface area contributed by atoms with E-state index in [1.54, 1.807) is 0 Å². The zero-order valence-corrected chi connectivity index (χ0v) is 7.45. The molecule has 0 bridgehead atoms. The molecule has 1 aromatic rings. The van der Waals surface area contributed by atoms with Crippen molar-refractivity contribution >= 4 is 27.3 Å². The van der Waals surface area contributed by atoms with Crippen molar-refractivity contribution in [1.29, 1.82) is 5.26 Å². The van der Waals surface area contributed by atoms with Crippen molar-refractivity contribution in [2.24, 2.45) is 5.73 Å². The van der Waals surface area contributed by atoms with E-state index in [0.717, 1.165) is 9.35 Å². The van der Waals surface area contributed by atoms with Crippen LogP contribution in [0.4, 0.5) is 0 Å². The van der Waals surface area contributed by atoms with Crippen LogP contribution in [0.3, 0.4) is 0 Å². The highest BCUT2D eigenvalue weighted by Gasteiger charge is 2.05. The number of halogens is 1. The maximum atomic E-state index is 8.41. The topological polar surface area (TPSA) is 49.8 Å². The van der Waals surface area contributed by atoms with Crippen LogP contribution >= 0.6 is 27.3 Å². The van der Waals surface area contributed by atoms with Gasteiger partial charge in [0.05, 0.1) is 6.07 Å². The Morgan fingerprint density at radius 1 is 1.80 bits per heavy atom. The van der Waals surface area contributed by atoms with Crippen LogP contribution in [0, 0.1) is 11.3 Å². The van der Waals surface area contributed by atoms with Crippen molar-refractivity contribution in [2.45, 2.75) is 6.04 Å². The Kier molecular flexibility index (Phi) is 2.44. The molecule has 0 saturated carbocycles. The number of nitriles is 1. The first-order chi connectivity index (χ1) is 4.74. The first-order valence-electron chi connectivity index (χ1n) is 2.63. The third-order valence-electron chi connectivity index (χ3n) is 1.03. The smallest absolute Gasteiger partial charge is 0.128 e. The standard InChI is InChI=1S/C6H5BrN2S/c7-4-1-6(10-3-4)5(9)2-8/h1,3,5H,9H2. The minimum absolute atomic E-state index is 0.476. The lowest BCUT2D eigenvalue weighted by molar-refractivity contribution is 0.951. The van der Waals surface area contributed by atoms with Gasteiger partial charge in [-0.15, -0.1) is 11.3 Å². The van der Waals surface area contributed by atoms with Crippen molar-refractivity contribution in [3.63, 3.8) is 0 Å². The highest BCUT2D eigenvalue weighted by Crippen LogP contribution is 2.23. The molecule has 0 amide bonds. The van der Waals surface area contributed by atoms with Gasteiger partial charge in [-0.3, -0.25) is 0 Å². The Bertz CT molecular complexity index is 263. The van der Waals surface area contributed by atoms with E-state index in [9.17, 15) is 0 Å². The van der Waals surface area contributed by atoms with E-state index in [-0.39, 0.29) is 0 Å². The second-order valence-electron chi connectivity index (χ2n) is 1.77. The van der Waals surface area contributed by atoms with Gasteiger partial charge < -0.3 is 5.73 Å². The van der Waals surface area contributed by atoms with Crippen molar-refractivity contribution < 1.29 is 0 Å².